The van der Waals surface area contributed by atoms with Crippen LogP contribution in [-0.2, 0) is 9.47 Å². The van der Waals surface area contributed by atoms with Crippen molar-refractivity contribution < 1.29 is 19.4 Å². The van der Waals surface area contributed by atoms with Gasteiger partial charge < -0.3 is 19.9 Å². The summed E-state index contributed by atoms with van der Waals surface area (Å²) >= 11 is 0. The predicted molar refractivity (Wildman–Crippen MR) is 86.3 cm³/mol. The van der Waals surface area contributed by atoms with Gasteiger partial charge in [-0.2, -0.15) is 0 Å². The molecule has 0 aromatic heterocycles. The number of ether oxygens (including phenoxy) is 2. The highest BCUT2D eigenvalue weighted by Crippen LogP contribution is 2.25. The molecule has 0 bridgehead atoms. The number of methoxy groups -OCH3 is 1. The summed E-state index contributed by atoms with van der Waals surface area (Å²) in [6.45, 7) is -0.172. The molecule has 25 heavy (non-hydrogen) atoms. The number of carbonyl (C=O) groups is 1. The Labute approximate surface area is 142 Å². The Morgan fingerprint density at radius 3 is 2.68 bits per heavy atom. The van der Waals surface area contributed by atoms with Crippen LogP contribution in [0.2, 0.25) is 0 Å². The lowest BCUT2D eigenvalue weighted by Crippen LogP contribution is -2.63. The van der Waals surface area contributed by atoms with Gasteiger partial charge in [0.25, 0.3) is 5.91 Å². The molecular formula is C14H17N7O4. The molecule has 0 aliphatic carbocycles. The zero-order valence-corrected chi connectivity index (χ0v) is 13.3. The van der Waals surface area contributed by atoms with E-state index in [0.29, 0.717) is 5.56 Å². The van der Waals surface area contributed by atoms with Crippen LogP contribution in [0.4, 0.5) is 0 Å². The highest BCUT2D eigenvalue weighted by atomic mass is 16.7. The number of nitrogens with one attached hydrogen (secondary N) is 1. The highest BCUT2D eigenvalue weighted by Gasteiger charge is 2.45. The van der Waals surface area contributed by atoms with Crippen LogP contribution in [0.3, 0.4) is 0 Å². The number of rotatable bonds is 6. The molecule has 1 fully saturated rings. The Balaban J connectivity index is 2.25. The molecule has 0 saturated carbocycles. The molecule has 1 heterocycles. The van der Waals surface area contributed by atoms with E-state index in [1.54, 1.807) is 30.3 Å². The molecule has 1 aliphatic heterocycles. The Hall–Kier alpha value is -2.81. The molecule has 11 nitrogen and oxygen atoms in total. The fourth-order valence-electron chi connectivity index (χ4n) is 2.58. The van der Waals surface area contributed by atoms with Crippen LogP contribution in [0, 0.1) is 0 Å². The van der Waals surface area contributed by atoms with Gasteiger partial charge in [-0.15, -0.1) is 0 Å². The molecule has 1 aromatic rings. The molecule has 0 radical (unpaired) electrons. The van der Waals surface area contributed by atoms with Crippen LogP contribution >= 0.6 is 0 Å². The van der Waals surface area contributed by atoms with Crippen LogP contribution in [0.15, 0.2) is 40.6 Å². The summed E-state index contributed by atoms with van der Waals surface area (Å²) in [5, 5.41) is 20.0. The van der Waals surface area contributed by atoms with Crippen LogP contribution in [0.25, 0.3) is 20.9 Å². The maximum Gasteiger partial charge on any atom is 0.251 e. The lowest BCUT2D eigenvalue weighted by molar-refractivity contribution is -0.226. The van der Waals surface area contributed by atoms with E-state index in [9.17, 15) is 9.90 Å². The third-order valence-corrected chi connectivity index (χ3v) is 3.78. The van der Waals surface area contributed by atoms with Gasteiger partial charge in [-0.05, 0) is 23.2 Å². The van der Waals surface area contributed by atoms with E-state index in [2.05, 4.69) is 25.4 Å². The second-order valence-electron chi connectivity index (χ2n) is 5.24. The van der Waals surface area contributed by atoms with Crippen LogP contribution in [0.1, 0.15) is 10.4 Å². The van der Waals surface area contributed by atoms with Crippen molar-refractivity contribution in [2.45, 2.75) is 30.6 Å². The number of nitrogens with zero attached hydrogens (tertiary/aromatic N) is 6. The number of hydrogen-bond acceptors (Lipinski definition) is 6. The van der Waals surface area contributed by atoms with Crippen molar-refractivity contribution in [3.8, 4) is 0 Å². The van der Waals surface area contributed by atoms with E-state index in [-0.39, 0.29) is 6.54 Å². The minimum atomic E-state index is -1.28. The Bertz CT molecular complexity index is 688. The molecule has 1 aliphatic rings. The zero-order chi connectivity index (χ0) is 18.2. The Kier molecular flexibility index (Phi) is 6.58. The number of aliphatic hydroxyl groups excluding tert-OH is 1. The first-order chi connectivity index (χ1) is 12.1. The molecule has 5 unspecified atom stereocenters. The lowest BCUT2D eigenvalue weighted by atomic mass is 9.94. The molecule has 11 heteroatoms. The zero-order valence-electron chi connectivity index (χ0n) is 13.3. The number of amides is 1. The van der Waals surface area contributed by atoms with Gasteiger partial charge >= 0.3 is 0 Å². The molecule has 2 rings (SSSR count). The van der Waals surface area contributed by atoms with Crippen molar-refractivity contribution in [1.82, 2.24) is 5.32 Å². The van der Waals surface area contributed by atoms with Gasteiger partial charge in [0.2, 0.25) is 0 Å². The van der Waals surface area contributed by atoms with Gasteiger partial charge in [-0.25, -0.2) is 0 Å². The third-order valence-electron chi connectivity index (χ3n) is 3.78. The number of carbonyl (C=O) groups excluding carboxylic acids is 1. The van der Waals surface area contributed by atoms with E-state index < -0.39 is 36.5 Å². The maximum absolute atomic E-state index is 12.4. The van der Waals surface area contributed by atoms with Crippen LogP contribution in [0.5, 0.6) is 0 Å². The third kappa shape index (κ3) is 4.38. The average molecular weight is 347 g/mol. The van der Waals surface area contributed by atoms with Crippen molar-refractivity contribution in [2.24, 2.45) is 10.2 Å². The summed E-state index contributed by atoms with van der Waals surface area (Å²) in [7, 11) is 1.35. The number of azide groups is 2. The maximum atomic E-state index is 12.4. The summed E-state index contributed by atoms with van der Waals surface area (Å²) in [6.07, 6.45) is -3.21. The van der Waals surface area contributed by atoms with Crippen molar-refractivity contribution in [2.75, 3.05) is 13.7 Å². The molecule has 1 amide bonds. The number of hydrogen-bond donors (Lipinski definition) is 2. The standard InChI is InChI=1S/C14H17N7O4/c1-24-14-11(18-13(23)8-5-3-2-4-6-8)10(19-21-16)12(22)9(25-14)7-17-20-15/h2-6,9-12,14,22H,7H2,1H3,(H,18,23). The first-order valence-corrected chi connectivity index (χ1v) is 7.39. The van der Waals surface area contributed by atoms with Crippen molar-refractivity contribution in [3.05, 3.63) is 56.8 Å². The molecule has 1 aromatic carbocycles. The molecule has 0 spiro atoms. The van der Waals surface area contributed by atoms with Gasteiger partial charge in [0.15, 0.2) is 6.29 Å². The molecule has 1 saturated heterocycles. The summed E-state index contributed by atoms with van der Waals surface area (Å²) < 4.78 is 10.8. The quantitative estimate of drug-likeness (QED) is 0.452. The van der Waals surface area contributed by atoms with E-state index in [4.69, 9.17) is 20.5 Å². The fraction of sp³-hybridized carbons (Fsp3) is 0.500. The second kappa shape index (κ2) is 8.88. The topological polar surface area (TPSA) is 165 Å². The number of benzene rings is 1. The predicted octanol–water partition coefficient (Wildman–Crippen LogP) is 1.51. The summed E-state index contributed by atoms with van der Waals surface area (Å²) in [5.41, 5.74) is 17.6. The average Bonchev–Trinajstić information content (AvgIpc) is 2.64. The van der Waals surface area contributed by atoms with Gasteiger partial charge in [0, 0.05) is 22.5 Å². The van der Waals surface area contributed by atoms with Crippen LogP contribution < -0.4 is 5.32 Å². The van der Waals surface area contributed by atoms with Gasteiger partial charge in [-0.3, -0.25) is 4.79 Å². The fourth-order valence-corrected chi connectivity index (χ4v) is 2.58. The minimum Gasteiger partial charge on any atom is -0.390 e. The highest BCUT2D eigenvalue weighted by molar-refractivity contribution is 5.94. The molecule has 2 N–H and O–H groups in total. The Morgan fingerprint density at radius 1 is 1.36 bits per heavy atom. The van der Waals surface area contributed by atoms with E-state index >= 15 is 0 Å². The largest absolute Gasteiger partial charge is 0.390 e. The SMILES string of the molecule is COC1OC(CN=[N+]=[N-])C(O)C(N=[N+]=[N-])C1NC(=O)c1ccccc1. The van der Waals surface area contributed by atoms with Crippen LogP contribution in [-0.4, -0.2) is 55.2 Å². The van der Waals surface area contributed by atoms with E-state index in [0.717, 1.165) is 0 Å². The molecule has 132 valence electrons. The first-order valence-electron chi connectivity index (χ1n) is 7.39. The van der Waals surface area contributed by atoms with E-state index in [1.807, 2.05) is 0 Å². The minimum absolute atomic E-state index is 0.172. The summed E-state index contributed by atoms with van der Waals surface area (Å²) in [5.74, 6) is -0.435. The van der Waals surface area contributed by atoms with Crippen molar-refractivity contribution in [1.29, 1.82) is 0 Å². The monoisotopic (exact) mass is 347 g/mol. The van der Waals surface area contributed by atoms with Gasteiger partial charge in [0.1, 0.15) is 0 Å². The van der Waals surface area contributed by atoms with E-state index in [1.165, 1.54) is 7.11 Å². The lowest BCUT2D eigenvalue weighted by Gasteiger charge is -2.42. The Morgan fingerprint density at radius 2 is 2.08 bits per heavy atom. The smallest absolute Gasteiger partial charge is 0.251 e. The molecular weight excluding hydrogens is 330 g/mol. The van der Waals surface area contributed by atoms with Crippen molar-refractivity contribution in [3.63, 3.8) is 0 Å². The van der Waals surface area contributed by atoms with Gasteiger partial charge in [-0.1, -0.05) is 28.4 Å². The van der Waals surface area contributed by atoms with Crippen molar-refractivity contribution >= 4 is 5.91 Å². The summed E-state index contributed by atoms with van der Waals surface area (Å²) in [6, 6.07) is 6.42. The van der Waals surface area contributed by atoms with Gasteiger partial charge in [0.05, 0.1) is 30.8 Å². The first kappa shape index (κ1) is 18.5. The normalized spacial score (nSPS) is 28.3. The number of aliphatic hydroxyl groups is 1. The molecule has 5 atom stereocenters. The summed E-state index contributed by atoms with van der Waals surface area (Å²) in [4.78, 5) is 17.7. The second-order valence-corrected chi connectivity index (χ2v) is 5.24.